The minimum atomic E-state index is -0.279. The van der Waals surface area contributed by atoms with Gasteiger partial charge in [-0.2, -0.15) is 5.26 Å². The van der Waals surface area contributed by atoms with Crippen LogP contribution in [0.5, 0.6) is 0 Å². The number of rotatable bonds is 6. The predicted molar refractivity (Wildman–Crippen MR) is 89.4 cm³/mol. The molecule has 0 aromatic carbocycles. The van der Waals surface area contributed by atoms with Crippen molar-refractivity contribution in [2.24, 2.45) is 0 Å². The number of hydrogen-bond donors (Lipinski definition) is 1. The first kappa shape index (κ1) is 17.2. The Labute approximate surface area is 138 Å². The van der Waals surface area contributed by atoms with Gasteiger partial charge in [0.2, 0.25) is 5.91 Å². The van der Waals surface area contributed by atoms with Crippen LogP contribution in [0.4, 0.5) is 5.82 Å². The molecule has 1 aliphatic heterocycles. The largest absolute Gasteiger partial charge is 0.325 e. The van der Waals surface area contributed by atoms with Crippen LogP contribution >= 0.6 is 0 Å². The molecule has 1 unspecified atom stereocenters. The molecule has 2 rings (SSSR count). The number of carbonyl (C=O) groups is 1. The van der Waals surface area contributed by atoms with Gasteiger partial charge in [-0.05, 0) is 44.7 Å². The lowest BCUT2D eigenvalue weighted by molar-refractivity contribution is -0.132. The van der Waals surface area contributed by atoms with Crippen LogP contribution < -0.4 is 5.43 Å². The van der Waals surface area contributed by atoms with Crippen molar-refractivity contribution >= 4 is 11.7 Å². The highest BCUT2D eigenvalue weighted by atomic mass is 16.2. The minimum absolute atomic E-state index is 0.00559. The average molecular weight is 315 g/mol. The van der Waals surface area contributed by atoms with Crippen molar-refractivity contribution < 1.29 is 4.79 Å². The van der Waals surface area contributed by atoms with E-state index in [-0.39, 0.29) is 24.5 Å². The molecule has 1 amide bonds. The van der Waals surface area contributed by atoms with E-state index >= 15 is 0 Å². The molecule has 0 spiro atoms. The van der Waals surface area contributed by atoms with Crippen molar-refractivity contribution in [2.75, 3.05) is 18.5 Å². The molecule has 2 atom stereocenters. The Bertz CT molecular complexity index is 565. The number of aryl methyl sites for hydroxylation is 1. The summed E-state index contributed by atoms with van der Waals surface area (Å²) >= 11 is 0. The number of anilines is 1. The Hall–Kier alpha value is -2.13. The molecule has 1 N–H and O–H groups in total. The van der Waals surface area contributed by atoms with Crippen LogP contribution in [0.2, 0.25) is 0 Å². The molecule has 2 heterocycles. The Morgan fingerprint density at radius 3 is 3.00 bits per heavy atom. The summed E-state index contributed by atoms with van der Waals surface area (Å²) in [5.41, 5.74) is 4.33. The molecule has 6 heteroatoms. The van der Waals surface area contributed by atoms with E-state index in [1.807, 2.05) is 24.1 Å². The second-order valence-electron chi connectivity index (χ2n) is 6.09. The standard InChI is InChI=1S/C17H25N5O/c1-4-14(3)22(20-16-8-7-13(2)11-19-16)12-17(23)21-9-5-6-15(21)10-18/h7-8,11,14-15H,4-6,9,12H2,1-3H3,(H,19,20)/t14-,15?/m0/s1. The highest BCUT2D eigenvalue weighted by Gasteiger charge is 2.30. The third-order valence-electron chi connectivity index (χ3n) is 4.32. The molecule has 1 aliphatic rings. The van der Waals surface area contributed by atoms with E-state index in [9.17, 15) is 4.79 Å². The molecular formula is C17H25N5O. The molecule has 1 aromatic rings. The van der Waals surface area contributed by atoms with Gasteiger partial charge in [-0.1, -0.05) is 13.0 Å². The quantitative estimate of drug-likeness (QED) is 0.816. The molecule has 124 valence electrons. The highest BCUT2D eigenvalue weighted by Crippen LogP contribution is 2.18. The van der Waals surface area contributed by atoms with E-state index in [1.165, 1.54) is 0 Å². The molecule has 1 saturated heterocycles. The van der Waals surface area contributed by atoms with Crippen LogP contribution in [0.3, 0.4) is 0 Å². The number of amides is 1. The van der Waals surface area contributed by atoms with E-state index in [4.69, 9.17) is 5.26 Å². The van der Waals surface area contributed by atoms with Crippen molar-refractivity contribution in [1.29, 1.82) is 5.26 Å². The summed E-state index contributed by atoms with van der Waals surface area (Å²) in [5, 5.41) is 11.1. The number of pyridine rings is 1. The fourth-order valence-electron chi connectivity index (χ4n) is 2.64. The highest BCUT2D eigenvalue weighted by molar-refractivity contribution is 5.79. The minimum Gasteiger partial charge on any atom is -0.325 e. The zero-order valence-corrected chi connectivity index (χ0v) is 14.1. The monoisotopic (exact) mass is 315 g/mol. The first-order valence-corrected chi connectivity index (χ1v) is 8.20. The van der Waals surface area contributed by atoms with Crippen LogP contribution in [0, 0.1) is 18.3 Å². The van der Waals surface area contributed by atoms with Crippen LogP contribution in [-0.4, -0.2) is 46.0 Å². The van der Waals surface area contributed by atoms with E-state index in [1.54, 1.807) is 11.1 Å². The van der Waals surface area contributed by atoms with Gasteiger partial charge < -0.3 is 10.3 Å². The number of aromatic nitrogens is 1. The lowest BCUT2D eigenvalue weighted by atomic mass is 10.2. The first-order valence-electron chi connectivity index (χ1n) is 8.20. The zero-order chi connectivity index (χ0) is 16.8. The SMILES string of the molecule is CC[C@H](C)N(CC(=O)N1CCCC1C#N)Nc1ccc(C)cn1. The average Bonchev–Trinajstić information content (AvgIpc) is 3.04. The Kier molecular flexibility index (Phi) is 5.94. The van der Waals surface area contributed by atoms with Crippen LogP contribution in [0.15, 0.2) is 18.3 Å². The summed E-state index contributed by atoms with van der Waals surface area (Å²) in [4.78, 5) is 18.6. The van der Waals surface area contributed by atoms with Crippen molar-refractivity contribution in [1.82, 2.24) is 14.9 Å². The predicted octanol–water partition coefficient (Wildman–Crippen LogP) is 2.33. The molecule has 0 aliphatic carbocycles. The summed E-state index contributed by atoms with van der Waals surface area (Å²) < 4.78 is 0. The van der Waals surface area contributed by atoms with Gasteiger partial charge in [0.1, 0.15) is 11.9 Å². The van der Waals surface area contributed by atoms with Gasteiger partial charge in [0.25, 0.3) is 0 Å². The number of hydrazine groups is 1. The van der Waals surface area contributed by atoms with Gasteiger partial charge in [0.05, 0.1) is 12.6 Å². The van der Waals surface area contributed by atoms with E-state index in [0.29, 0.717) is 6.54 Å². The maximum Gasteiger partial charge on any atom is 0.239 e. The number of hydrogen-bond acceptors (Lipinski definition) is 5. The summed E-state index contributed by atoms with van der Waals surface area (Å²) in [6.07, 6.45) is 4.39. The molecule has 0 radical (unpaired) electrons. The fourth-order valence-corrected chi connectivity index (χ4v) is 2.64. The molecule has 6 nitrogen and oxygen atoms in total. The first-order chi connectivity index (χ1) is 11.0. The van der Waals surface area contributed by atoms with Crippen molar-refractivity contribution in [3.8, 4) is 6.07 Å². The molecule has 1 fully saturated rings. The number of nitrogens with one attached hydrogen (secondary N) is 1. The van der Waals surface area contributed by atoms with E-state index < -0.39 is 0 Å². The van der Waals surface area contributed by atoms with Crippen molar-refractivity contribution in [2.45, 2.75) is 52.1 Å². The van der Waals surface area contributed by atoms with Crippen molar-refractivity contribution in [3.63, 3.8) is 0 Å². The van der Waals surface area contributed by atoms with Crippen LogP contribution in [-0.2, 0) is 4.79 Å². The molecule has 1 aromatic heterocycles. The second kappa shape index (κ2) is 7.93. The molecule has 0 bridgehead atoms. The lowest BCUT2D eigenvalue weighted by Crippen LogP contribution is -2.47. The van der Waals surface area contributed by atoms with E-state index in [0.717, 1.165) is 30.6 Å². The lowest BCUT2D eigenvalue weighted by Gasteiger charge is -2.31. The summed E-state index contributed by atoms with van der Waals surface area (Å²) in [7, 11) is 0. The molecule has 23 heavy (non-hydrogen) atoms. The number of carbonyl (C=O) groups excluding carboxylic acids is 1. The van der Waals surface area contributed by atoms with Gasteiger partial charge in [0.15, 0.2) is 0 Å². The van der Waals surface area contributed by atoms with Gasteiger partial charge in [-0.15, -0.1) is 0 Å². The Morgan fingerprint density at radius 1 is 1.61 bits per heavy atom. The molecule has 0 saturated carbocycles. The zero-order valence-electron chi connectivity index (χ0n) is 14.1. The molecular weight excluding hydrogens is 290 g/mol. The fraction of sp³-hybridized carbons (Fsp3) is 0.588. The van der Waals surface area contributed by atoms with Gasteiger partial charge in [0, 0.05) is 18.8 Å². The summed E-state index contributed by atoms with van der Waals surface area (Å²) in [6, 6.07) is 6.02. The van der Waals surface area contributed by atoms with Gasteiger partial charge in [-0.25, -0.2) is 9.99 Å². The smallest absolute Gasteiger partial charge is 0.239 e. The summed E-state index contributed by atoms with van der Waals surface area (Å²) in [5.74, 6) is 0.718. The number of nitrogens with zero attached hydrogens (tertiary/aromatic N) is 4. The van der Waals surface area contributed by atoms with Crippen LogP contribution in [0.1, 0.15) is 38.7 Å². The summed E-state index contributed by atoms with van der Waals surface area (Å²) in [6.45, 7) is 7.06. The van der Waals surface area contributed by atoms with Gasteiger partial charge in [-0.3, -0.25) is 4.79 Å². The maximum atomic E-state index is 12.6. The third kappa shape index (κ3) is 4.42. The number of nitriles is 1. The second-order valence-corrected chi connectivity index (χ2v) is 6.09. The third-order valence-corrected chi connectivity index (χ3v) is 4.32. The topological polar surface area (TPSA) is 72.3 Å². The Morgan fingerprint density at radius 2 is 2.39 bits per heavy atom. The van der Waals surface area contributed by atoms with E-state index in [2.05, 4.69) is 30.3 Å². The van der Waals surface area contributed by atoms with Crippen molar-refractivity contribution in [3.05, 3.63) is 23.9 Å². The number of likely N-dealkylation sites (tertiary alicyclic amines) is 1. The van der Waals surface area contributed by atoms with Gasteiger partial charge >= 0.3 is 0 Å². The Balaban J connectivity index is 2.05. The van der Waals surface area contributed by atoms with Crippen LogP contribution in [0.25, 0.3) is 0 Å². The maximum absolute atomic E-state index is 12.6. The normalized spacial score (nSPS) is 18.7.